The minimum atomic E-state index is -4.37. The molecule has 1 N–H and O–H groups in total. The molecule has 116 valence electrons. The van der Waals surface area contributed by atoms with E-state index in [2.05, 4.69) is 5.32 Å². The molecule has 1 aromatic carbocycles. The molecule has 0 aromatic heterocycles. The van der Waals surface area contributed by atoms with E-state index in [1.165, 1.54) is 24.3 Å². The first-order valence-electron chi connectivity index (χ1n) is 6.02. The zero-order valence-electron chi connectivity index (χ0n) is 10.7. The van der Waals surface area contributed by atoms with Crippen molar-refractivity contribution in [2.45, 2.75) is 22.9 Å². The maximum atomic E-state index is 12.2. The number of sulfone groups is 1. The van der Waals surface area contributed by atoms with E-state index in [-0.39, 0.29) is 33.7 Å². The Morgan fingerprint density at radius 3 is 2.33 bits per heavy atom. The van der Waals surface area contributed by atoms with E-state index in [1.807, 2.05) is 0 Å². The summed E-state index contributed by atoms with van der Waals surface area (Å²) in [5.41, 5.74) is -4.17. The Morgan fingerprint density at radius 2 is 1.86 bits per heavy atom. The molecule has 1 amide bonds. The first kappa shape index (κ1) is 16.2. The molecular formula is C12H12F3NO3S2. The summed E-state index contributed by atoms with van der Waals surface area (Å²) in [5.74, 6) is -0.541. The highest BCUT2D eigenvalue weighted by Crippen LogP contribution is 2.36. The molecule has 0 aliphatic carbocycles. The maximum absolute atomic E-state index is 12.2. The summed E-state index contributed by atoms with van der Waals surface area (Å²) in [6.45, 7) is 0. The third-order valence-electron chi connectivity index (χ3n) is 2.92. The third-order valence-corrected chi connectivity index (χ3v) is 5.43. The zero-order chi connectivity index (χ0) is 15.7. The van der Waals surface area contributed by atoms with Gasteiger partial charge in [0.2, 0.25) is 0 Å². The number of thioether (sulfide) groups is 1. The van der Waals surface area contributed by atoms with Gasteiger partial charge in [0, 0.05) is 16.5 Å². The van der Waals surface area contributed by atoms with Crippen molar-refractivity contribution in [1.82, 2.24) is 5.32 Å². The molecule has 0 spiro atoms. The maximum Gasteiger partial charge on any atom is 0.446 e. The van der Waals surface area contributed by atoms with Gasteiger partial charge in [-0.1, -0.05) is 0 Å². The number of amides is 1. The second-order valence-electron chi connectivity index (χ2n) is 4.65. The van der Waals surface area contributed by atoms with Crippen LogP contribution in [0.5, 0.6) is 0 Å². The lowest BCUT2D eigenvalue weighted by Crippen LogP contribution is -2.35. The molecular weight excluding hydrogens is 327 g/mol. The summed E-state index contributed by atoms with van der Waals surface area (Å²) in [5, 5.41) is 2.57. The number of halogens is 3. The number of carbonyl (C=O) groups is 1. The summed E-state index contributed by atoms with van der Waals surface area (Å²) in [4.78, 5) is 11.9. The SMILES string of the molecule is O=C(N[C@H]1CCS(=O)(=O)C1)c1ccc(SC(F)(F)F)cc1. The van der Waals surface area contributed by atoms with Gasteiger partial charge in [-0.2, -0.15) is 13.2 Å². The van der Waals surface area contributed by atoms with E-state index in [9.17, 15) is 26.4 Å². The van der Waals surface area contributed by atoms with Gasteiger partial charge in [0.1, 0.15) is 0 Å². The lowest BCUT2D eigenvalue weighted by Gasteiger charge is -2.11. The summed E-state index contributed by atoms with van der Waals surface area (Å²) in [6, 6.07) is 4.54. The van der Waals surface area contributed by atoms with Crippen LogP contribution >= 0.6 is 11.8 Å². The molecule has 0 radical (unpaired) electrons. The van der Waals surface area contributed by atoms with Crippen molar-refractivity contribution in [3.8, 4) is 0 Å². The molecule has 1 fully saturated rings. The van der Waals surface area contributed by atoms with Crippen LogP contribution in [0.1, 0.15) is 16.8 Å². The highest BCUT2D eigenvalue weighted by Gasteiger charge is 2.30. The monoisotopic (exact) mass is 339 g/mol. The van der Waals surface area contributed by atoms with Crippen molar-refractivity contribution in [3.63, 3.8) is 0 Å². The van der Waals surface area contributed by atoms with Crippen molar-refractivity contribution in [2.75, 3.05) is 11.5 Å². The van der Waals surface area contributed by atoms with Gasteiger partial charge in [0.25, 0.3) is 5.91 Å². The van der Waals surface area contributed by atoms with Crippen LogP contribution in [-0.4, -0.2) is 37.4 Å². The number of alkyl halides is 3. The van der Waals surface area contributed by atoms with Crippen molar-refractivity contribution < 1.29 is 26.4 Å². The van der Waals surface area contributed by atoms with Crippen molar-refractivity contribution in [1.29, 1.82) is 0 Å². The smallest absolute Gasteiger partial charge is 0.348 e. The van der Waals surface area contributed by atoms with Gasteiger partial charge in [-0.15, -0.1) is 0 Å². The van der Waals surface area contributed by atoms with Crippen LogP contribution in [-0.2, 0) is 9.84 Å². The van der Waals surface area contributed by atoms with Crippen LogP contribution < -0.4 is 5.32 Å². The lowest BCUT2D eigenvalue weighted by molar-refractivity contribution is -0.0328. The molecule has 0 saturated carbocycles. The van der Waals surface area contributed by atoms with Crippen LogP contribution in [0.2, 0.25) is 0 Å². The summed E-state index contributed by atoms with van der Waals surface area (Å²) in [7, 11) is -3.09. The van der Waals surface area contributed by atoms with Gasteiger partial charge in [-0.3, -0.25) is 4.79 Å². The zero-order valence-corrected chi connectivity index (χ0v) is 12.3. The molecule has 1 aliphatic rings. The van der Waals surface area contributed by atoms with E-state index in [1.54, 1.807) is 0 Å². The van der Waals surface area contributed by atoms with E-state index in [0.29, 0.717) is 6.42 Å². The average Bonchev–Trinajstić information content (AvgIpc) is 2.67. The van der Waals surface area contributed by atoms with Gasteiger partial charge in [-0.05, 0) is 42.4 Å². The minimum absolute atomic E-state index is 0.0116. The standard InChI is InChI=1S/C12H12F3NO3S2/c13-12(14,15)20-10-3-1-8(2-4-10)11(17)16-9-5-6-21(18,19)7-9/h1-4,9H,5-7H2,(H,16,17)/t9-/m0/s1. The summed E-state index contributed by atoms with van der Waals surface area (Å²) < 4.78 is 59.1. The molecule has 0 unspecified atom stereocenters. The van der Waals surface area contributed by atoms with Crippen LogP contribution in [0.4, 0.5) is 13.2 Å². The second-order valence-corrected chi connectivity index (χ2v) is 8.01. The molecule has 1 aliphatic heterocycles. The van der Waals surface area contributed by atoms with E-state index in [0.717, 1.165) is 0 Å². The molecule has 21 heavy (non-hydrogen) atoms. The third kappa shape index (κ3) is 4.92. The molecule has 1 atom stereocenters. The minimum Gasteiger partial charge on any atom is -0.348 e. The van der Waals surface area contributed by atoms with Gasteiger partial charge >= 0.3 is 5.51 Å². The number of benzene rings is 1. The fourth-order valence-electron chi connectivity index (χ4n) is 1.99. The highest BCUT2D eigenvalue weighted by molar-refractivity contribution is 8.00. The first-order chi connectivity index (χ1) is 9.65. The van der Waals surface area contributed by atoms with Crippen LogP contribution in [0.15, 0.2) is 29.2 Å². The Balaban J connectivity index is 1.97. The quantitative estimate of drug-likeness (QED) is 0.858. The molecule has 9 heteroatoms. The first-order valence-corrected chi connectivity index (χ1v) is 8.65. The van der Waals surface area contributed by atoms with Gasteiger partial charge < -0.3 is 5.32 Å². The number of hydrogen-bond acceptors (Lipinski definition) is 4. The Hall–Kier alpha value is -1.22. The molecule has 4 nitrogen and oxygen atoms in total. The Bertz CT molecular complexity index is 626. The van der Waals surface area contributed by atoms with Crippen LogP contribution in [0.25, 0.3) is 0 Å². The van der Waals surface area contributed by atoms with Gasteiger partial charge in [0.05, 0.1) is 11.5 Å². The molecule has 1 aromatic rings. The predicted molar refractivity (Wildman–Crippen MR) is 72.9 cm³/mol. The molecule has 1 heterocycles. The summed E-state index contributed by atoms with van der Waals surface area (Å²) >= 11 is -0.257. The molecule has 0 bridgehead atoms. The number of hydrogen-bond donors (Lipinski definition) is 1. The average molecular weight is 339 g/mol. The highest BCUT2D eigenvalue weighted by atomic mass is 32.2. The van der Waals surface area contributed by atoms with Gasteiger partial charge in [-0.25, -0.2) is 8.42 Å². The lowest BCUT2D eigenvalue weighted by atomic mass is 10.2. The topological polar surface area (TPSA) is 63.2 Å². The number of nitrogens with one attached hydrogen (secondary N) is 1. The fourth-order valence-corrected chi connectivity index (χ4v) is 4.20. The number of carbonyl (C=O) groups excluding carboxylic acids is 1. The second kappa shape index (κ2) is 5.88. The summed E-state index contributed by atoms with van der Waals surface area (Å²) in [6.07, 6.45) is 0.357. The largest absolute Gasteiger partial charge is 0.446 e. The van der Waals surface area contributed by atoms with Crippen molar-refractivity contribution >= 4 is 27.5 Å². The fraction of sp³-hybridized carbons (Fsp3) is 0.417. The van der Waals surface area contributed by atoms with Crippen molar-refractivity contribution in [3.05, 3.63) is 29.8 Å². The van der Waals surface area contributed by atoms with E-state index < -0.39 is 27.3 Å². The number of rotatable bonds is 3. The molecule has 1 saturated heterocycles. The Labute approximate surface area is 124 Å². The van der Waals surface area contributed by atoms with Crippen molar-refractivity contribution in [2.24, 2.45) is 0 Å². The Kier molecular flexibility index (Phi) is 4.52. The van der Waals surface area contributed by atoms with Gasteiger partial charge in [0.15, 0.2) is 9.84 Å². The normalized spacial score (nSPS) is 21.2. The molecule has 2 rings (SSSR count). The van der Waals surface area contributed by atoms with Crippen LogP contribution in [0.3, 0.4) is 0 Å². The Morgan fingerprint density at radius 1 is 1.24 bits per heavy atom. The van der Waals surface area contributed by atoms with E-state index in [4.69, 9.17) is 0 Å². The predicted octanol–water partition coefficient (Wildman–Crippen LogP) is 2.22. The van der Waals surface area contributed by atoms with Crippen LogP contribution in [0, 0.1) is 0 Å². The van der Waals surface area contributed by atoms with E-state index >= 15 is 0 Å².